The predicted octanol–water partition coefficient (Wildman–Crippen LogP) is 1.45. The number of nitrogens with one attached hydrogen (secondary N) is 1. The van der Waals surface area contributed by atoms with Gasteiger partial charge in [-0.2, -0.15) is 0 Å². The molecule has 7 nitrogen and oxygen atoms in total. The summed E-state index contributed by atoms with van der Waals surface area (Å²) in [5.74, 6) is -0.152. The third-order valence-corrected chi connectivity index (χ3v) is 4.21. The number of carbonyl (C=O) groups is 2. The summed E-state index contributed by atoms with van der Waals surface area (Å²) in [5.41, 5.74) is 3.42. The van der Waals surface area contributed by atoms with Crippen molar-refractivity contribution in [1.29, 1.82) is 0 Å². The number of hydrogen-bond donors (Lipinski definition) is 1. The number of hydrogen-bond acceptors (Lipinski definition) is 4. The van der Waals surface area contributed by atoms with Crippen LogP contribution >= 0.6 is 0 Å². The lowest BCUT2D eigenvalue weighted by molar-refractivity contribution is 0.0948. The van der Waals surface area contributed by atoms with Crippen LogP contribution in [0.2, 0.25) is 0 Å². The van der Waals surface area contributed by atoms with E-state index in [1.54, 1.807) is 48.7 Å². The summed E-state index contributed by atoms with van der Waals surface area (Å²) in [5, 5.41) is 2.91. The number of urea groups is 1. The lowest BCUT2D eigenvalue weighted by atomic mass is 9.97. The van der Waals surface area contributed by atoms with Gasteiger partial charge >= 0.3 is 6.03 Å². The van der Waals surface area contributed by atoms with E-state index in [0.29, 0.717) is 31.6 Å². The molecule has 1 aliphatic rings. The molecule has 3 amide bonds. The molecular weight excluding hydrogens is 318 g/mol. The number of carbonyl (C=O) groups excluding carboxylic acids is 2. The lowest BCUT2D eigenvalue weighted by Crippen LogP contribution is -2.42. The smallest absolute Gasteiger partial charge is 0.319 e. The average molecular weight is 339 g/mol. The zero-order valence-corrected chi connectivity index (χ0v) is 14.4. The van der Waals surface area contributed by atoms with Crippen molar-refractivity contribution in [3.8, 4) is 0 Å². The van der Waals surface area contributed by atoms with Gasteiger partial charge in [0.2, 0.25) is 0 Å². The van der Waals surface area contributed by atoms with Crippen molar-refractivity contribution in [3.63, 3.8) is 0 Å². The minimum Gasteiger partial charge on any atom is -0.348 e. The predicted molar refractivity (Wildman–Crippen MR) is 92.8 cm³/mol. The monoisotopic (exact) mass is 339 g/mol. The normalized spacial score (nSPS) is 13.1. The molecule has 0 saturated carbocycles. The summed E-state index contributed by atoms with van der Waals surface area (Å²) in [6.07, 6.45) is 7.41. The minimum atomic E-state index is -0.152. The number of amides is 3. The Labute approximate surface area is 146 Å². The molecule has 7 heteroatoms. The molecule has 2 aromatic heterocycles. The van der Waals surface area contributed by atoms with Crippen molar-refractivity contribution in [1.82, 2.24) is 25.1 Å². The maximum Gasteiger partial charge on any atom is 0.319 e. The van der Waals surface area contributed by atoms with Gasteiger partial charge in [-0.05, 0) is 29.2 Å². The van der Waals surface area contributed by atoms with E-state index in [4.69, 9.17) is 0 Å². The van der Waals surface area contributed by atoms with Gasteiger partial charge in [0.1, 0.15) is 0 Å². The van der Waals surface area contributed by atoms with Crippen LogP contribution in [0.25, 0.3) is 0 Å². The van der Waals surface area contributed by atoms with E-state index in [9.17, 15) is 9.59 Å². The summed E-state index contributed by atoms with van der Waals surface area (Å²) < 4.78 is 0. The second-order valence-electron chi connectivity index (χ2n) is 6.22. The molecule has 2 aromatic rings. The number of pyridine rings is 2. The largest absolute Gasteiger partial charge is 0.348 e. The van der Waals surface area contributed by atoms with Crippen LogP contribution in [-0.4, -0.2) is 52.3 Å². The van der Waals surface area contributed by atoms with Gasteiger partial charge in [0.25, 0.3) is 5.91 Å². The SMILES string of the molecule is CN(C)C(=O)N1CCc2c(cncc2C(=O)NCc2cccnc2)C1. The topological polar surface area (TPSA) is 78.4 Å². The van der Waals surface area contributed by atoms with Crippen molar-refractivity contribution in [2.24, 2.45) is 0 Å². The number of aromatic nitrogens is 2. The van der Waals surface area contributed by atoms with E-state index in [1.807, 2.05) is 12.1 Å². The van der Waals surface area contributed by atoms with Gasteiger partial charge in [-0.3, -0.25) is 14.8 Å². The molecule has 0 spiro atoms. The Bertz CT molecular complexity index is 776. The quantitative estimate of drug-likeness (QED) is 0.918. The molecule has 130 valence electrons. The van der Waals surface area contributed by atoms with Gasteiger partial charge < -0.3 is 15.1 Å². The second-order valence-corrected chi connectivity index (χ2v) is 6.22. The molecular formula is C18H21N5O2. The molecule has 0 aromatic carbocycles. The summed E-state index contributed by atoms with van der Waals surface area (Å²) >= 11 is 0. The highest BCUT2D eigenvalue weighted by Gasteiger charge is 2.25. The van der Waals surface area contributed by atoms with Gasteiger partial charge in [0.05, 0.1) is 5.56 Å². The highest BCUT2D eigenvalue weighted by atomic mass is 16.2. The Kier molecular flexibility index (Phi) is 4.92. The second kappa shape index (κ2) is 7.29. The van der Waals surface area contributed by atoms with Crippen LogP contribution in [-0.2, 0) is 19.5 Å². The number of rotatable bonds is 3. The standard InChI is InChI=1S/C18H21N5O2/c1-22(2)18(25)23-7-5-15-14(12-23)10-20-11-16(15)17(24)21-9-13-4-3-6-19-8-13/h3-4,6,8,10-11H,5,7,9,12H2,1-2H3,(H,21,24). The first-order valence-corrected chi connectivity index (χ1v) is 8.15. The first-order chi connectivity index (χ1) is 12.1. The molecule has 1 aliphatic heterocycles. The van der Waals surface area contributed by atoms with E-state index in [0.717, 1.165) is 16.7 Å². The molecule has 0 fully saturated rings. The van der Waals surface area contributed by atoms with Gasteiger partial charge in [0.15, 0.2) is 0 Å². The Morgan fingerprint density at radius 2 is 2.08 bits per heavy atom. The third kappa shape index (κ3) is 3.76. The maximum absolute atomic E-state index is 12.6. The van der Waals surface area contributed by atoms with Gasteiger partial charge in [-0.25, -0.2) is 4.79 Å². The lowest BCUT2D eigenvalue weighted by Gasteiger charge is -2.31. The molecule has 0 unspecified atom stereocenters. The van der Waals surface area contributed by atoms with Crippen LogP contribution in [0.3, 0.4) is 0 Å². The van der Waals surface area contributed by atoms with Crippen LogP contribution < -0.4 is 5.32 Å². The van der Waals surface area contributed by atoms with Crippen molar-refractivity contribution >= 4 is 11.9 Å². The highest BCUT2D eigenvalue weighted by Crippen LogP contribution is 2.22. The maximum atomic E-state index is 12.6. The Morgan fingerprint density at radius 1 is 1.24 bits per heavy atom. The summed E-state index contributed by atoms with van der Waals surface area (Å²) in [4.78, 5) is 36.2. The molecule has 1 N–H and O–H groups in total. The minimum absolute atomic E-state index is 0.0305. The third-order valence-electron chi connectivity index (χ3n) is 4.21. The van der Waals surface area contributed by atoms with Crippen molar-refractivity contribution in [2.75, 3.05) is 20.6 Å². The molecule has 25 heavy (non-hydrogen) atoms. The molecule has 3 heterocycles. The van der Waals surface area contributed by atoms with Gasteiger partial charge in [-0.15, -0.1) is 0 Å². The average Bonchev–Trinajstić information content (AvgIpc) is 2.65. The Morgan fingerprint density at radius 3 is 2.80 bits per heavy atom. The fourth-order valence-electron chi connectivity index (χ4n) is 2.92. The molecule has 3 rings (SSSR count). The van der Waals surface area contributed by atoms with Crippen LogP contribution in [0.15, 0.2) is 36.9 Å². The summed E-state index contributed by atoms with van der Waals surface area (Å²) in [6, 6.07) is 3.72. The van der Waals surface area contributed by atoms with Crippen molar-refractivity contribution in [3.05, 3.63) is 59.2 Å². The summed E-state index contributed by atoms with van der Waals surface area (Å²) in [7, 11) is 3.47. The molecule has 0 radical (unpaired) electrons. The number of fused-ring (bicyclic) bond motifs is 1. The Hall–Kier alpha value is -2.96. The van der Waals surface area contributed by atoms with Gasteiger partial charge in [-0.1, -0.05) is 6.07 Å². The Balaban J connectivity index is 1.73. The first-order valence-electron chi connectivity index (χ1n) is 8.15. The van der Waals surface area contributed by atoms with Crippen LogP contribution in [0.5, 0.6) is 0 Å². The highest BCUT2D eigenvalue weighted by molar-refractivity contribution is 5.95. The zero-order chi connectivity index (χ0) is 17.8. The van der Waals surface area contributed by atoms with E-state index >= 15 is 0 Å². The fraction of sp³-hybridized carbons (Fsp3) is 0.333. The fourth-order valence-corrected chi connectivity index (χ4v) is 2.92. The zero-order valence-electron chi connectivity index (χ0n) is 14.4. The molecule has 0 aliphatic carbocycles. The molecule has 0 atom stereocenters. The first kappa shape index (κ1) is 16.9. The van der Waals surface area contributed by atoms with Crippen molar-refractivity contribution < 1.29 is 9.59 Å². The van der Waals surface area contributed by atoms with Crippen LogP contribution in [0.4, 0.5) is 4.79 Å². The van der Waals surface area contributed by atoms with Crippen LogP contribution in [0.1, 0.15) is 27.0 Å². The summed E-state index contributed by atoms with van der Waals surface area (Å²) in [6.45, 7) is 1.49. The van der Waals surface area contributed by atoms with Crippen LogP contribution in [0, 0.1) is 0 Å². The van der Waals surface area contributed by atoms with E-state index in [2.05, 4.69) is 15.3 Å². The van der Waals surface area contributed by atoms with Gasteiger partial charge in [0, 0.05) is 58.5 Å². The van der Waals surface area contributed by atoms with E-state index < -0.39 is 0 Å². The van der Waals surface area contributed by atoms with E-state index in [-0.39, 0.29) is 11.9 Å². The molecule has 0 saturated heterocycles. The number of nitrogens with zero attached hydrogens (tertiary/aromatic N) is 4. The van der Waals surface area contributed by atoms with E-state index in [1.165, 1.54) is 0 Å². The molecule has 0 bridgehead atoms. The van der Waals surface area contributed by atoms with Crippen molar-refractivity contribution in [2.45, 2.75) is 19.5 Å².